The van der Waals surface area contributed by atoms with E-state index in [1.165, 1.54) is 0 Å². The maximum atomic E-state index is 13.5. The van der Waals surface area contributed by atoms with Gasteiger partial charge in [-0.15, -0.1) is 13.2 Å². The Bertz CT molecular complexity index is 624. The summed E-state index contributed by atoms with van der Waals surface area (Å²) in [6.07, 6.45) is 5.12. The lowest BCUT2D eigenvalue weighted by atomic mass is 9.88. The predicted octanol–water partition coefficient (Wildman–Crippen LogP) is 3.43. The summed E-state index contributed by atoms with van der Waals surface area (Å²) >= 11 is 0. The zero-order valence-electron chi connectivity index (χ0n) is 11.8. The van der Waals surface area contributed by atoms with Crippen LogP contribution in [0.25, 0.3) is 10.1 Å². The Morgan fingerprint density at radius 1 is 1.10 bits per heavy atom. The van der Waals surface area contributed by atoms with Gasteiger partial charge in [0.25, 0.3) is 0 Å². The van der Waals surface area contributed by atoms with Crippen molar-refractivity contribution in [1.82, 2.24) is 0 Å². The van der Waals surface area contributed by atoms with Crippen LogP contribution in [0.4, 0.5) is 13.2 Å². The van der Waals surface area contributed by atoms with Crippen LogP contribution in [-0.4, -0.2) is 0 Å². The minimum atomic E-state index is -4.15. The molecule has 0 N–H and O–H groups in total. The Hall–Kier alpha value is -0.550. The first-order valence-electron chi connectivity index (χ1n) is 7.11. The molecule has 1 aromatic heterocycles. The summed E-state index contributed by atoms with van der Waals surface area (Å²) in [6, 6.07) is 7.15. The fourth-order valence-corrected chi connectivity index (χ4v) is 5.50. The second kappa shape index (κ2) is 6.29. The maximum absolute atomic E-state index is 13.5. The number of hydrogen-bond acceptors (Lipinski definition) is 0. The average Bonchev–Trinajstić information content (AvgIpc) is 2.80. The normalized spacial score (nSPS) is 17.8. The third-order valence-corrected chi connectivity index (χ3v) is 6.45. The highest BCUT2D eigenvalue weighted by molar-refractivity contribution is 7.38. The highest BCUT2D eigenvalue weighted by atomic mass is 79.9. The maximum Gasteiger partial charge on any atom is 0.600 e. The van der Waals surface area contributed by atoms with E-state index in [2.05, 4.69) is 0 Å². The summed E-state index contributed by atoms with van der Waals surface area (Å²) in [5, 5.41) is 0.814. The number of hydrogen-bond donors (Lipinski definition) is 0. The van der Waals surface area contributed by atoms with Crippen LogP contribution >= 0.6 is 10.5 Å². The van der Waals surface area contributed by atoms with Crippen molar-refractivity contribution in [2.24, 2.45) is 0 Å². The van der Waals surface area contributed by atoms with Gasteiger partial charge in [-0.3, -0.25) is 0 Å². The second-order valence-corrected chi connectivity index (χ2v) is 7.61. The number of fused-ring (bicyclic) bond motifs is 1. The van der Waals surface area contributed by atoms with Crippen LogP contribution in [0.2, 0.25) is 0 Å². The first kappa shape index (κ1) is 16.8. The van der Waals surface area contributed by atoms with E-state index in [-0.39, 0.29) is 22.9 Å². The molecule has 0 nitrogen and oxygen atoms in total. The molecule has 0 bridgehead atoms. The van der Waals surface area contributed by atoms with Crippen LogP contribution in [0.3, 0.4) is 0 Å². The molecule has 21 heavy (non-hydrogen) atoms. The minimum absolute atomic E-state index is 0. The summed E-state index contributed by atoms with van der Waals surface area (Å²) < 4.78 is 41.1. The van der Waals surface area contributed by atoms with Gasteiger partial charge in [0.1, 0.15) is 0 Å². The number of benzene rings is 1. The largest absolute Gasteiger partial charge is 1.00 e. The van der Waals surface area contributed by atoms with E-state index in [4.69, 9.17) is 0 Å². The quantitative estimate of drug-likeness (QED) is 0.667. The van der Waals surface area contributed by atoms with Crippen molar-refractivity contribution in [3.63, 3.8) is 0 Å². The summed E-state index contributed by atoms with van der Waals surface area (Å²) in [4.78, 5) is 0.640. The van der Waals surface area contributed by atoms with Gasteiger partial charge in [0.05, 0.1) is 10.5 Å². The topological polar surface area (TPSA) is 0 Å². The van der Waals surface area contributed by atoms with Crippen LogP contribution < -0.4 is 17.0 Å². The molecular weight excluding hydrogens is 361 g/mol. The Balaban J connectivity index is 0.00000161. The lowest BCUT2D eigenvalue weighted by molar-refractivity contribution is -0.0868. The molecule has 116 valence electrons. The van der Waals surface area contributed by atoms with Crippen LogP contribution in [0.15, 0.2) is 24.3 Å². The molecule has 0 amide bonds. The van der Waals surface area contributed by atoms with Gasteiger partial charge in [-0.25, -0.2) is 0 Å². The average molecular weight is 379 g/mol. The van der Waals surface area contributed by atoms with Gasteiger partial charge < -0.3 is 17.0 Å². The minimum Gasteiger partial charge on any atom is -1.00 e. The molecule has 1 saturated carbocycles. The third kappa shape index (κ3) is 3.14. The van der Waals surface area contributed by atoms with E-state index < -0.39 is 16.0 Å². The van der Waals surface area contributed by atoms with Crippen molar-refractivity contribution in [3.05, 3.63) is 34.7 Å². The van der Waals surface area contributed by atoms with E-state index in [1.807, 2.05) is 19.1 Å². The Kier molecular flexibility index (Phi) is 5.03. The van der Waals surface area contributed by atoms with E-state index in [9.17, 15) is 13.2 Å². The zero-order chi connectivity index (χ0) is 14.3. The van der Waals surface area contributed by atoms with Gasteiger partial charge in [-0.05, 0) is 31.4 Å². The summed E-state index contributed by atoms with van der Waals surface area (Å²) in [5.74, 6) is 0.125. The number of thiophene rings is 1. The van der Waals surface area contributed by atoms with E-state index >= 15 is 0 Å². The van der Waals surface area contributed by atoms with Crippen LogP contribution in [-0.2, 0) is 5.51 Å². The van der Waals surface area contributed by atoms with Gasteiger partial charge in [0.2, 0.25) is 0 Å². The second-order valence-electron chi connectivity index (χ2n) is 5.62. The molecule has 1 aliphatic carbocycles. The van der Waals surface area contributed by atoms with Crippen LogP contribution in [0.1, 0.15) is 48.5 Å². The SMILES string of the molecule is Cc1cccc2c1cc(C1CCCCC1)[s+]2C(F)(F)F.[Br-]. The summed E-state index contributed by atoms with van der Waals surface area (Å²) in [7, 11) is -1.70. The summed E-state index contributed by atoms with van der Waals surface area (Å²) in [6.45, 7) is 1.90. The number of rotatable bonds is 1. The molecule has 0 radical (unpaired) electrons. The number of alkyl halides is 3. The molecule has 3 rings (SSSR count). The Morgan fingerprint density at radius 2 is 1.76 bits per heavy atom. The monoisotopic (exact) mass is 378 g/mol. The standard InChI is InChI=1S/C16H18F3S.BrH/c1-11-6-5-9-14-13(11)10-15(20(14)16(17,18)19)12-7-3-2-4-8-12;/h5-6,9-10,12H,2-4,7-8H2,1H3;1H/q+1;/p-1. The van der Waals surface area contributed by atoms with Crippen molar-refractivity contribution in [1.29, 1.82) is 0 Å². The molecule has 1 atom stereocenters. The fourth-order valence-electron chi connectivity index (χ4n) is 3.27. The lowest BCUT2D eigenvalue weighted by Gasteiger charge is -2.18. The van der Waals surface area contributed by atoms with E-state index in [1.54, 1.807) is 12.1 Å². The first-order valence-corrected chi connectivity index (χ1v) is 8.33. The molecule has 0 aliphatic heterocycles. The first-order chi connectivity index (χ1) is 9.48. The van der Waals surface area contributed by atoms with Crippen molar-refractivity contribution in [3.8, 4) is 0 Å². The smallest absolute Gasteiger partial charge is 0.600 e. The molecule has 1 unspecified atom stereocenters. The predicted molar refractivity (Wildman–Crippen MR) is 78.3 cm³/mol. The highest BCUT2D eigenvalue weighted by Crippen LogP contribution is 2.55. The molecule has 1 aromatic carbocycles. The van der Waals surface area contributed by atoms with Crippen molar-refractivity contribution >= 4 is 20.6 Å². The van der Waals surface area contributed by atoms with Gasteiger partial charge in [-0.1, -0.05) is 31.4 Å². The van der Waals surface area contributed by atoms with Gasteiger partial charge >= 0.3 is 5.51 Å². The van der Waals surface area contributed by atoms with Gasteiger partial charge in [0.15, 0.2) is 9.58 Å². The molecule has 5 heteroatoms. The fraction of sp³-hybridized carbons (Fsp3) is 0.500. The van der Waals surface area contributed by atoms with Gasteiger partial charge in [-0.2, -0.15) is 0 Å². The molecule has 1 aliphatic rings. The number of halogens is 4. The van der Waals surface area contributed by atoms with Crippen LogP contribution in [0.5, 0.6) is 0 Å². The van der Waals surface area contributed by atoms with Crippen LogP contribution in [0, 0.1) is 6.92 Å². The molecule has 2 aromatic rings. The van der Waals surface area contributed by atoms with E-state index in [0.29, 0.717) is 9.58 Å². The molecule has 1 heterocycles. The van der Waals surface area contributed by atoms with E-state index in [0.717, 1.165) is 43.1 Å². The molecule has 0 saturated heterocycles. The van der Waals surface area contributed by atoms with Crippen molar-refractivity contribution in [2.45, 2.75) is 50.5 Å². The third-order valence-electron chi connectivity index (χ3n) is 4.27. The van der Waals surface area contributed by atoms with Gasteiger partial charge in [0, 0.05) is 17.4 Å². The molecule has 0 spiro atoms. The lowest BCUT2D eigenvalue weighted by Crippen LogP contribution is -3.00. The Morgan fingerprint density at radius 3 is 2.38 bits per heavy atom. The number of aryl methyl sites for hydroxylation is 1. The van der Waals surface area contributed by atoms with Crippen molar-refractivity contribution < 1.29 is 30.2 Å². The Labute approximate surface area is 136 Å². The molecule has 1 fully saturated rings. The summed E-state index contributed by atoms with van der Waals surface area (Å²) in [5.41, 5.74) is -3.20. The molecular formula is C16H18BrF3S. The van der Waals surface area contributed by atoms with Crippen molar-refractivity contribution in [2.75, 3.05) is 0 Å². The highest BCUT2D eigenvalue weighted by Gasteiger charge is 2.49. The zero-order valence-corrected chi connectivity index (χ0v) is 14.2.